The van der Waals surface area contributed by atoms with Gasteiger partial charge in [-0.3, -0.25) is 9.63 Å². The predicted octanol–water partition coefficient (Wildman–Crippen LogP) is 1.28. The number of hydrogen-bond donors (Lipinski definition) is 1. The number of anilines is 1. The molecule has 1 aromatic rings. The van der Waals surface area contributed by atoms with Gasteiger partial charge in [0.1, 0.15) is 0 Å². The van der Waals surface area contributed by atoms with Gasteiger partial charge in [-0.2, -0.15) is 18.3 Å². The van der Waals surface area contributed by atoms with Crippen LogP contribution in [0.2, 0.25) is 0 Å². The normalized spacial score (nSPS) is 26.1. The van der Waals surface area contributed by atoms with E-state index in [0.717, 1.165) is 31.0 Å². The zero-order valence-corrected chi connectivity index (χ0v) is 16.3. The van der Waals surface area contributed by atoms with Crippen LogP contribution < -0.4 is 4.90 Å². The maximum atomic E-state index is 12.7. The molecule has 12 heteroatoms. The highest BCUT2D eigenvalue weighted by molar-refractivity contribution is 5.79. The summed E-state index contributed by atoms with van der Waals surface area (Å²) in [5, 5.41) is 17.1. The van der Waals surface area contributed by atoms with Crippen LogP contribution in [0.5, 0.6) is 0 Å². The van der Waals surface area contributed by atoms with Crippen LogP contribution in [-0.2, 0) is 19.2 Å². The highest BCUT2D eigenvalue weighted by Crippen LogP contribution is 2.37. The van der Waals surface area contributed by atoms with Crippen molar-refractivity contribution < 1.29 is 37.4 Å². The van der Waals surface area contributed by atoms with Crippen LogP contribution in [-0.4, -0.2) is 77.9 Å². The maximum Gasteiger partial charge on any atom is 0.490 e. The number of carbonyl (C=O) groups is 2. The second-order valence-corrected chi connectivity index (χ2v) is 7.44. The minimum absolute atomic E-state index is 0.0778. The van der Waals surface area contributed by atoms with Gasteiger partial charge in [0.25, 0.3) is 5.91 Å². The van der Waals surface area contributed by atoms with Crippen molar-refractivity contribution in [2.24, 2.45) is 17.8 Å². The van der Waals surface area contributed by atoms with E-state index in [-0.39, 0.29) is 11.8 Å². The number of rotatable bonds is 2. The first-order valence-corrected chi connectivity index (χ1v) is 9.54. The molecule has 0 spiro atoms. The van der Waals surface area contributed by atoms with Crippen LogP contribution in [0.15, 0.2) is 12.1 Å². The fourth-order valence-corrected chi connectivity index (χ4v) is 3.81. The molecule has 9 nitrogen and oxygen atoms in total. The summed E-state index contributed by atoms with van der Waals surface area (Å²) in [7, 11) is 0. The van der Waals surface area contributed by atoms with E-state index in [1.807, 2.05) is 19.1 Å². The molecule has 3 aliphatic heterocycles. The molecule has 1 N–H and O–H groups in total. The average molecular weight is 432 g/mol. The zero-order valence-electron chi connectivity index (χ0n) is 16.3. The average Bonchev–Trinajstić information content (AvgIpc) is 3.37. The number of ether oxygens (including phenoxy) is 1. The summed E-state index contributed by atoms with van der Waals surface area (Å²) < 4.78 is 37.5. The number of amides is 1. The van der Waals surface area contributed by atoms with Crippen molar-refractivity contribution >= 4 is 17.7 Å². The van der Waals surface area contributed by atoms with Gasteiger partial charge in [0.15, 0.2) is 5.82 Å². The monoisotopic (exact) mass is 432 g/mol. The van der Waals surface area contributed by atoms with E-state index in [1.54, 1.807) is 0 Å². The van der Waals surface area contributed by atoms with Gasteiger partial charge in [-0.1, -0.05) is 0 Å². The highest BCUT2D eigenvalue weighted by Gasteiger charge is 2.46. The Bertz CT molecular complexity index is 755. The standard InChI is InChI=1S/C16H22N4O3.C2HF3O2/c1-11-3-4-15(18-17-11)19-7-12-9-22-10-14(13(12)8-19)16(21)20-5-2-6-23-20;3-2(4,5)1(6)7/h3-4,12-14H,2,5-10H2,1H3;(H,6,7)/t12-,13-,14+;/m1./s1. The largest absolute Gasteiger partial charge is 0.490 e. The van der Waals surface area contributed by atoms with E-state index in [1.165, 1.54) is 5.06 Å². The third-order valence-corrected chi connectivity index (χ3v) is 5.30. The van der Waals surface area contributed by atoms with E-state index >= 15 is 0 Å². The number of alkyl halides is 3. The van der Waals surface area contributed by atoms with E-state index in [4.69, 9.17) is 19.5 Å². The number of carboxylic acid groups (broad SMARTS) is 1. The molecule has 3 saturated heterocycles. The molecular weight excluding hydrogens is 409 g/mol. The molecular formula is C18H23F3N4O5. The molecule has 0 saturated carbocycles. The summed E-state index contributed by atoms with van der Waals surface area (Å²) in [6, 6.07) is 3.97. The van der Waals surface area contributed by atoms with Gasteiger partial charge in [-0.15, -0.1) is 5.10 Å². The Labute approximate surface area is 170 Å². The molecule has 0 aromatic carbocycles. The number of aliphatic carboxylic acids is 1. The number of aryl methyl sites for hydroxylation is 1. The lowest BCUT2D eigenvalue weighted by Gasteiger charge is -2.33. The quantitative estimate of drug-likeness (QED) is 0.745. The maximum absolute atomic E-state index is 12.7. The number of halogens is 3. The van der Waals surface area contributed by atoms with E-state index in [9.17, 15) is 18.0 Å². The summed E-state index contributed by atoms with van der Waals surface area (Å²) in [5.41, 5.74) is 0.910. The summed E-state index contributed by atoms with van der Waals surface area (Å²) in [4.78, 5) is 29.3. The van der Waals surface area contributed by atoms with Crippen molar-refractivity contribution in [1.29, 1.82) is 0 Å². The fourth-order valence-electron chi connectivity index (χ4n) is 3.81. The third kappa shape index (κ3) is 5.17. The Morgan fingerprint density at radius 2 is 1.93 bits per heavy atom. The van der Waals surface area contributed by atoms with Gasteiger partial charge in [0.05, 0.1) is 38.0 Å². The number of carbonyl (C=O) groups excluding carboxylic acids is 1. The van der Waals surface area contributed by atoms with Crippen molar-refractivity contribution in [3.05, 3.63) is 17.8 Å². The molecule has 0 unspecified atom stereocenters. The molecule has 0 bridgehead atoms. The lowest BCUT2D eigenvalue weighted by Crippen LogP contribution is -2.45. The Morgan fingerprint density at radius 1 is 1.20 bits per heavy atom. The molecule has 3 atom stereocenters. The summed E-state index contributed by atoms with van der Waals surface area (Å²) in [6.45, 7) is 6.17. The lowest BCUT2D eigenvalue weighted by molar-refractivity contribution is -0.192. The van der Waals surface area contributed by atoms with Crippen LogP contribution in [0.25, 0.3) is 0 Å². The predicted molar refractivity (Wildman–Crippen MR) is 96.2 cm³/mol. The number of hydroxylamine groups is 2. The fraction of sp³-hybridized carbons (Fsp3) is 0.667. The second-order valence-electron chi connectivity index (χ2n) is 7.44. The topological polar surface area (TPSA) is 105 Å². The van der Waals surface area contributed by atoms with Crippen LogP contribution in [0.4, 0.5) is 19.0 Å². The van der Waals surface area contributed by atoms with Crippen molar-refractivity contribution in [3.8, 4) is 0 Å². The van der Waals surface area contributed by atoms with E-state index in [2.05, 4.69) is 15.1 Å². The number of aromatic nitrogens is 2. The smallest absolute Gasteiger partial charge is 0.475 e. The minimum atomic E-state index is -5.08. The Balaban J connectivity index is 0.000000318. The van der Waals surface area contributed by atoms with Crippen molar-refractivity contribution in [3.63, 3.8) is 0 Å². The van der Waals surface area contributed by atoms with Crippen LogP contribution in [0.1, 0.15) is 12.1 Å². The van der Waals surface area contributed by atoms with Gasteiger partial charge >= 0.3 is 12.1 Å². The molecule has 30 heavy (non-hydrogen) atoms. The van der Waals surface area contributed by atoms with Gasteiger partial charge in [0.2, 0.25) is 0 Å². The van der Waals surface area contributed by atoms with Crippen LogP contribution in [0.3, 0.4) is 0 Å². The van der Waals surface area contributed by atoms with Gasteiger partial charge in [-0.25, -0.2) is 9.86 Å². The van der Waals surface area contributed by atoms with Crippen molar-refractivity contribution in [2.45, 2.75) is 19.5 Å². The van der Waals surface area contributed by atoms with Gasteiger partial charge < -0.3 is 14.7 Å². The highest BCUT2D eigenvalue weighted by atomic mass is 19.4. The first-order valence-electron chi connectivity index (χ1n) is 9.54. The number of carboxylic acids is 1. The SMILES string of the molecule is Cc1ccc(N2C[C@@H]3COC[C@H](C(=O)N4CCCO4)[C@@H]3C2)nn1.O=C(O)C(F)(F)F. The second kappa shape index (κ2) is 9.13. The van der Waals surface area contributed by atoms with Gasteiger partial charge in [-0.05, 0) is 31.4 Å². The molecule has 4 rings (SSSR count). The summed E-state index contributed by atoms with van der Waals surface area (Å²) in [6.07, 6.45) is -4.17. The van der Waals surface area contributed by atoms with Crippen LogP contribution >= 0.6 is 0 Å². The minimum Gasteiger partial charge on any atom is -0.475 e. The molecule has 1 amide bonds. The first-order chi connectivity index (χ1) is 14.2. The Kier molecular flexibility index (Phi) is 6.76. The molecule has 3 aliphatic rings. The van der Waals surface area contributed by atoms with Crippen molar-refractivity contribution in [1.82, 2.24) is 15.3 Å². The third-order valence-electron chi connectivity index (χ3n) is 5.30. The van der Waals surface area contributed by atoms with E-state index < -0.39 is 12.1 Å². The molecule has 0 aliphatic carbocycles. The van der Waals surface area contributed by atoms with Crippen molar-refractivity contribution in [2.75, 3.05) is 44.4 Å². The first kappa shape index (κ1) is 22.2. The number of hydrogen-bond acceptors (Lipinski definition) is 7. The Morgan fingerprint density at radius 3 is 2.50 bits per heavy atom. The molecule has 3 fully saturated rings. The molecule has 0 radical (unpaired) electrons. The lowest BCUT2D eigenvalue weighted by atomic mass is 9.82. The summed E-state index contributed by atoms with van der Waals surface area (Å²) >= 11 is 0. The Hall–Kier alpha value is -2.47. The summed E-state index contributed by atoms with van der Waals surface area (Å²) in [5.74, 6) is -1.25. The van der Waals surface area contributed by atoms with E-state index in [0.29, 0.717) is 38.2 Å². The number of fused-ring (bicyclic) bond motifs is 1. The zero-order chi connectivity index (χ0) is 21.9. The van der Waals surface area contributed by atoms with Gasteiger partial charge in [0, 0.05) is 19.0 Å². The van der Waals surface area contributed by atoms with Crippen LogP contribution in [0, 0.1) is 24.7 Å². The number of nitrogens with zero attached hydrogens (tertiary/aromatic N) is 4. The molecule has 4 heterocycles. The molecule has 1 aromatic heterocycles. The molecule has 166 valence electrons.